The normalized spacial score (nSPS) is 16.8. The first-order valence-corrected chi connectivity index (χ1v) is 7.08. The van der Waals surface area contributed by atoms with E-state index in [2.05, 4.69) is 10.2 Å². The third kappa shape index (κ3) is 2.39. The van der Waals surface area contributed by atoms with Gasteiger partial charge in [0.25, 0.3) is 0 Å². The van der Waals surface area contributed by atoms with Gasteiger partial charge in [0.15, 0.2) is 0 Å². The maximum atomic E-state index is 11.5. The minimum absolute atomic E-state index is 0.192. The number of carbonyl (C=O) groups is 1. The van der Waals surface area contributed by atoms with Gasteiger partial charge in [-0.25, -0.2) is 0 Å². The van der Waals surface area contributed by atoms with Crippen LogP contribution in [0.15, 0.2) is 18.3 Å². The summed E-state index contributed by atoms with van der Waals surface area (Å²) in [5, 5.41) is 17.7. The van der Waals surface area contributed by atoms with E-state index in [1.54, 1.807) is 4.90 Å². The van der Waals surface area contributed by atoms with Crippen LogP contribution in [0.1, 0.15) is 24.3 Å². The molecule has 0 aliphatic carbocycles. The summed E-state index contributed by atoms with van der Waals surface area (Å²) in [5.74, 6) is 0.180. The number of piperidine rings is 1. The van der Waals surface area contributed by atoms with Crippen LogP contribution < -0.4 is 0 Å². The number of aliphatic hydroxyl groups is 1. The number of nitrogens with one attached hydrogen (secondary N) is 1. The van der Waals surface area contributed by atoms with Crippen molar-refractivity contribution in [2.75, 3.05) is 19.7 Å². The van der Waals surface area contributed by atoms with Crippen LogP contribution in [0.4, 0.5) is 0 Å². The summed E-state index contributed by atoms with van der Waals surface area (Å²) >= 11 is 6.16. The first-order valence-electron chi connectivity index (χ1n) is 6.70. The zero-order valence-electron chi connectivity index (χ0n) is 11.0. The minimum atomic E-state index is -0.409. The van der Waals surface area contributed by atoms with Crippen molar-refractivity contribution in [1.29, 1.82) is 0 Å². The van der Waals surface area contributed by atoms with Crippen LogP contribution in [-0.4, -0.2) is 45.8 Å². The van der Waals surface area contributed by atoms with Gasteiger partial charge >= 0.3 is 0 Å². The van der Waals surface area contributed by atoms with Crippen LogP contribution in [0.25, 0.3) is 10.9 Å². The zero-order valence-corrected chi connectivity index (χ0v) is 11.7. The van der Waals surface area contributed by atoms with E-state index < -0.39 is 6.61 Å². The minimum Gasteiger partial charge on any atom is -0.387 e. The Bertz CT molecular complexity index is 632. The highest BCUT2D eigenvalue weighted by molar-refractivity contribution is 6.31. The molecule has 1 aliphatic rings. The fourth-order valence-corrected chi connectivity index (χ4v) is 3.15. The van der Waals surface area contributed by atoms with Crippen LogP contribution in [-0.2, 0) is 4.79 Å². The Labute approximate surface area is 121 Å². The average Bonchev–Trinajstić information content (AvgIpc) is 2.94. The lowest BCUT2D eigenvalue weighted by Gasteiger charge is -2.32. The predicted molar refractivity (Wildman–Crippen MR) is 76.7 cm³/mol. The molecule has 1 aliphatic heterocycles. The highest BCUT2D eigenvalue weighted by Crippen LogP contribution is 2.34. The van der Waals surface area contributed by atoms with Crippen LogP contribution in [0.3, 0.4) is 0 Å². The van der Waals surface area contributed by atoms with Crippen LogP contribution in [0.2, 0.25) is 5.02 Å². The monoisotopic (exact) mass is 293 g/mol. The van der Waals surface area contributed by atoms with Gasteiger partial charge in [-0.05, 0) is 36.5 Å². The molecule has 1 amide bonds. The number of hydrogen-bond donors (Lipinski definition) is 2. The van der Waals surface area contributed by atoms with Crippen molar-refractivity contribution in [3.63, 3.8) is 0 Å². The van der Waals surface area contributed by atoms with E-state index in [0.717, 1.165) is 23.7 Å². The summed E-state index contributed by atoms with van der Waals surface area (Å²) in [6.45, 7) is 0.944. The number of halogens is 1. The molecule has 1 fully saturated rings. The molecule has 1 saturated heterocycles. The van der Waals surface area contributed by atoms with E-state index in [0.29, 0.717) is 24.0 Å². The largest absolute Gasteiger partial charge is 0.387 e. The number of H-pyrrole nitrogens is 1. The second-order valence-electron chi connectivity index (χ2n) is 5.14. The van der Waals surface area contributed by atoms with E-state index in [1.165, 1.54) is 5.56 Å². The van der Waals surface area contributed by atoms with Crippen molar-refractivity contribution in [1.82, 2.24) is 15.1 Å². The molecule has 20 heavy (non-hydrogen) atoms. The molecule has 0 radical (unpaired) electrons. The highest BCUT2D eigenvalue weighted by Gasteiger charge is 2.25. The second-order valence-corrected chi connectivity index (χ2v) is 5.58. The fourth-order valence-electron chi connectivity index (χ4n) is 2.92. The molecule has 106 valence electrons. The molecule has 2 N–H and O–H groups in total. The molecule has 5 nitrogen and oxygen atoms in total. The Kier molecular flexibility index (Phi) is 3.63. The number of rotatable bonds is 2. The number of amides is 1. The van der Waals surface area contributed by atoms with E-state index in [9.17, 15) is 4.79 Å². The highest BCUT2D eigenvalue weighted by atomic mass is 35.5. The Hall–Kier alpha value is -1.59. The molecule has 0 unspecified atom stereocenters. The summed E-state index contributed by atoms with van der Waals surface area (Å²) in [5.41, 5.74) is 2.14. The lowest BCUT2D eigenvalue weighted by Crippen LogP contribution is -2.39. The predicted octanol–water partition coefficient (Wildman–Crippen LogP) is 1.91. The van der Waals surface area contributed by atoms with Crippen molar-refractivity contribution in [2.45, 2.75) is 18.8 Å². The number of carbonyl (C=O) groups excluding carboxylic acids is 1. The van der Waals surface area contributed by atoms with Crippen molar-refractivity contribution >= 4 is 28.4 Å². The number of aromatic nitrogens is 2. The summed E-state index contributed by atoms with van der Waals surface area (Å²) in [7, 11) is 0. The van der Waals surface area contributed by atoms with Crippen molar-refractivity contribution in [2.24, 2.45) is 0 Å². The van der Waals surface area contributed by atoms with Crippen molar-refractivity contribution < 1.29 is 9.90 Å². The van der Waals surface area contributed by atoms with Gasteiger partial charge in [-0.3, -0.25) is 9.89 Å². The smallest absolute Gasteiger partial charge is 0.248 e. The molecule has 1 aromatic heterocycles. The van der Waals surface area contributed by atoms with E-state index in [-0.39, 0.29) is 5.91 Å². The molecule has 0 spiro atoms. The van der Waals surface area contributed by atoms with Gasteiger partial charge < -0.3 is 10.0 Å². The lowest BCUT2D eigenvalue weighted by molar-refractivity contribution is -0.135. The Morgan fingerprint density at radius 3 is 2.90 bits per heavy atom. The molecule has 0 saturated carbocycles. The van der Waals surface area contributed by atoms with Gasteiger partial charge in [0, 0.05) is 23.5 Å². The first kappa shape index (κ1) is 13.4. The van der Waals surface area contributed by atoms with Gasteiger partial charge in [-0.2, -0.15) is 5.10 Å². The zero-order chi connectivity index (χ0) is 14.1. The number of aliphatic hydroxyl groups excluding tert-OH is 1. The molecule has 1 aromatic carbocycles. The van der Waals surface area contributed by atoms with E-state index in [1.807, 2.05) is 18.3 Å². The fraction of sp³-hybridized carbons (Fsp3) is 0.429. The number of benzene rings is 1. The Morgan fingerprint density at radius 2 is 2.20 bits per heavy atom. The van der Waals surface area contributed by atoms with Gasteiger partial charge in [-0.15, -0.1) is 0 Å². The Morgan fingerprint density at radius 1 is 1.45 bits per heavy atom. The van der Waals surface area contributed by atoms with Gasteiger partial charge in [-0.1, -0.05) is 11.6 Å². The van der Waals surface area contributed by atoms with Gasteiger partial charge in [0.05, 0.1) is 11.7 Å². The lowest BCUT2D eigenvalue weighted by atomic mass is 9.87. The molecule has 6 heteroatoms. The summed E-state index contributed by atoms with van der Waals surface area (Å²) in [6, 6.07) is 3.87. The number of likely N-dealkylation sites (tertiary alicyclic amines) is 1. The summed E-state index contributed by atoms with van der Waals surface area (Å²) in [6.07, 6.45) is 3.59. The number of hydrogen-bond acceptors (Lipinski definition) is 3. The van der Waals surface area contributed by atoms with Crippen molar-refractivity contribution in [3.05, 3.63) is 28.9 Å². The van der Waals surface area contributed by atoms with Crippen LogP contribution in [0, 0.1) is 0 Å². The van der Waals surface area contributed by atoms with Gasteiger partial charge in [0.1, 0.15) is 6.61 Å². The standard InChI is InChI=1S/C14H16ClN3O2/c15-10-5-11(12-7-16-17-13(12)6-10)9-1-3-18(4-2-9)14(20)8-19/h5-7,9,19H,1-4,8H2,(H,16,17). The molecule has 0 atom stereocenters. The summed E-state index contributed by atoms with van der Waals surface area (Å²) in [4.78, 5) is 13.2. The van der Waals surface area contributed by atoms with Gasteiger partial charge in [0.2, 0.25) is 5.91 Å². The third-order valence-electron chi connectivity index (χ3n) is 3.98. The quantitative estimate of drug-likeness (QED) is 0.889. The summed E-state index contributed by atoms with van der Waals surface area (Å²) < 4.78 is 0. The van der Waals surface area contributed by atoms with Crippen LogP contribution in [0.5, 0.6) is 0 Å². The third-order valence-corrected chi connectivity index (χ3v) is 4.20. The van der Waals surface area contributed by atoms with Crippen molar-refractivity contribution in [3.8, 4) is 0 Å². The molecule has 0 bridgehead atoms. The molecular weight excluding hydrogens is 278 g/mol. The molecule has 2 heterocycles. The maximum absolute atomic E-state index is 11.5. The molecule has 3 rings (SSSR count). The maximum Gasteiger partial charge on any atom is 0.248 e. The SMILES string of the molecule is O=C(CO)N1CCC(c2cc(Cl)cc3[nH]ncc23)CC1. The molecule has 2 aromatic rings. The Balaban J connectivity index is 1.83. The average molecular weight is 294 g/mol. The van der Waals surface area contributed by atoms with Crippen LogP contribution >= 0.6 is 11.6 Å². The second kappa shape index (κ2) is 5.42. The number of nitrogens with zero attached hydrogens (tertiary/aromatic N) is 2. The van der Waals surface area contributed by atoms with E-state index >= 15 is 0 Å². The topological polar surface area (TPSA) is 69.2 Å². The number of aromatic amines is 1. The first-order chi connectivity index (χ1) is 9.69. The number of fused-ring (bicyclic) bond motifs is 1. The molecular formula is C14H16ClN3O2. The van der Waals surface area contributed by atoms with E-state index in [4.69, 9.17) is 16.7 Å².